The van der Waals surface area contributed by atoms with Crippen molar-refractivity contribution >= 4 is 38.9 Å². The maximum absolute atomic E-state index is 12.2. The minimum atomic E-state index is -3.70. The molecule has 7 nitrogen and oxygen atoms in total. The van der Waals surface area contributed by atoms with E-state index in [1.165, 1.54) is 13.0 Å². The lowest BCUT2D eigenvalue weighted by molar-refractivity contribution is -0.116. The first-order valence-corrected chi connectivity index (χ1v) is 9.64. The molecule has 138 valence electrons. The number of anilines is 3. The van der Waals surface area contributed by atoms with Crippen LogP contribution in [0.25, 0.3) is 0 Å². The first kappa shape index (κ1) is 19.5. The zero-order chi connectivity index (χ0) is 19.2. The topological polar surface area (TPSA) is 104 Å². The van der Waals surface area contributed by atoms with E-state index in [1.807, 2.05) is 19.1 Å². The second-order valence-electron chi connectivity index (χ2n) is 5.80. The quantitative estimate of drug-likeness (QED) is 0.692. The van der Waals surface area contributed by atoms with Crippen LogP contribution in [-0.4, -0.2) is 26.0 Å². The van der Waals surface area contributed by atoms with E-state index in [-0.39, 0.29) is 24.0 Å². The lowest BCUT2D eigenvalue weighted by Gasteiger charge is -2.11. The maximum Gasteiger partial charge on any atom is 0.233 e. The van der Waals surface area contributed by atoms with Gasteiger partial charge >= 0.3 is 0 Å². The molecule has 0 saturated heterocycles. The first-order valence-electron chi connectivity index (χ1n) is 7.99. The molecule has 0 radical (unpaired) electrons. The van der Waals surface area contributed by atoms with Gasteiger partial charge in [0.15, 0.2) is 0 Å². The van der Waals surface area contributed by atoms with Gasteiger partial charge in [0.1, 0.15) is 0 Å². The summed E-state index contributed by atoms with van der Waals surface area (Å²) >= 11 is 0. The van der Waals surface area contributed by atoms with E-state index in [9.17, 15) is 18.0 Å². The third-order valence-corrected chi connectivity index (χ3v) is 4.76. The van der Waals surface area contributed by atoms with Crippen molar-refractivity contribution in [3.05, 3.63) is 54.1 Å². The zero-order valence-corrected chi connectivity index (χ0v) is 15.4. The molecular formula is C18H21N3O4S. The minimum absolute atomic E-state index is 0.172. The molecule has 0 aliphatic carbocycles. The first-order chi connectivity index (χ1) is 12.2. The van der Waals surface area contributed by atoms with Gasteiger partial charge in [-0.2, -0.15) is 0 Å². The van der Waals surface area contributed by atoms with Crippen molar-refractivity contribution < 1.29 is 18.0 Å². The number of para-hydroxylation sites is 1. The predicted octanol–water partition coefficient (Wildman–Crippen LogP) is 2.72. The van der Waals surface area contributed by atoms with Gasteiger partial charge in [0, 0.05) is 24.7 Å². The Kier molecular flexibility index (Phi) is 6.35. The highest BCUT2D eigenvalue weighted by molar-refractivity contribution is 7.92. The number of amides is 2. The predicted molar refractivity (Wildman–Crippen MR) is 103 cm³/mol. The number of carbonyl (C=O) groups is 2. The summed E-state index contributed by atoms with van der Waals surface area (Å²) in [6.45, 7) is 3.22. The molecule has 0 unspecified atom stereocenters. The van der Waals surface area contributed by atoms with Crippen molar-refractivity contribution in [2.75, 3.05) is 21.1 Å². The molecule has 0 aliphatic heterocycles. The van der Waals surface area contributed by atoms with Gasteiger partial charge in [0.25, 0.3) is 0 Å². The Hall–Kier alpha value is -2.87. The molecule has 0 bridgehead atoms. The van der Waals surface area contributed by atoms with Crippen LogP contribution in [0.5, 0.6) is 0 Å². The lowest BCUT2D eigenvalue weighted by Crippen LogP contribution is -2.22. The smallest absolute Gasteiger partial charge is 0.233 e. The van der Waals surface area contributed by atoms with Crippen LogP contribution in [0, 0.1) is 6.92 Å². The molecule has 0 spiro atoms. The number of aryl methyl sites for hydroxylation is 1. The summed E-state index contributed by atoms with van der Waals surface area (Å²) < 4.78 is 26.8. The van der Waals surface area contributed by atoms with Crippen LogP contribution in [0.3, 0.4) is 0 Å². The summed E-state index contributed by atoms with van der Waals surface area (Å²) in [5.74, 6) is -0.982. The van der Waals surface area contributed by atoms with Gasteiger partial charge in [-0.05, 0) is 36.8 Å². The molecule has 8 heteroatoms. The van der Waals surface area contributed by atoms with Gasteiger partial charge in [-0.25, -0.2) is 8.42 Å². The number of rotatable bonds is 7. The molecule has 0 aliphatic rings. The Bertz CT molecular complexity index is 910. The molecule has 0 saturated carbocycles. The van der Waals surface area contributed by atoms with E-state index < -0.39 is 10.0 Å². The lowest BCUT2D eigenvalue weighted by atomic mass is 10.2. The minimum Gasteiger partial charge on any atom is -0.326 e. The maximum atomic E-state index is 12.2. The SMILES string of the molecule is CC(=O)Nc1cccc(NS(=O)(=O)CCC(=O)Nc2ccccc2C)c1. The number of benzene rings is 2. The monoisotopic (exact) mass is 375 g/mol. The van der Waals surface area contributed by atoms with Crippen molar-refractivity contribution in [1.29, 1.82) is 0 Å². The average molecular weight is 375 g/mol. The van der Waals surface area contributed by atoms with Crippen LogP contribution in [0.4, 0.5) is 17.1 Å². The summed E-state index contributed by atoms with van der Waals surface area (Å²) in [6, 6.07) is 13.6. The van der Waals surface area contributed by atoms with Crippen molar-refractivity contribution in [3.8, 4) is 0 Å². The number of hydrogen-bond acceptors (Lipinski definition) is 4. The Morgan fingerprint density at radius 3 is 2.35 bits per heavy atom. The van der Waals surface area contributed by atoms with Gasteiger partial charge in [0.05, 0.1) is 11.4 Å². The summed E-state index contributed by atoms with van der Waals surface area (Å²) in [5, 5.41) is 5.27. The van der Waals surface area contributed by atoms with E-state index >= 15 is 0 Å². The molecule has 3 N–H and O–H groups in total. The largest absolute Gasteiger partial charge is 0.326 e. The molecule has 2 rings (SSSR count). The third kappa shape index (κ3) is 6.21. The van der Waals surface area contributed by atoms with Crippen LogP contribution in [0.2, 0.25) is 0 Å². The number of nitrogens with one attached hydrogen (secondary N) is 3. The Morgan fingerprint density at radius 2 is 1.65 bits per heavy atom. The highest BCUT2D eigenvalue weighted by Crippen LogP contribution is 2.17. The van der Waals surface area contributed by atoms with Crippen molar-refractivity contribution in [3.63, 3.8) is 0 Å². The van der Waals surface area contributed by atoms with Gasteiger partial charge in [-0.3, -0.25) is 14.3 Å². The highest BCUT2D eigenvalue weighted by atomic mass is 32.2. The van der Waals surface area contributed by atoms with Gasteiger partial charge in [-0.1, -0.05) is 24.3 Å². The zero-order valence-electron chi connectivity index (χ0n) is 14.6. The van der Waals surface area contributed by atoms with E-state index in [4.69, 9.17) is 0 Å². The molecule has 2 amide bonds. The van der Waals surface area contributed by atoms with E-state index in [0.717, 1.165) is 5.56 Å². The molecule has 2 aromatic rings. The number of carbonyl (C=O) groups excluding carboxylic acids is 2. The second-order valence-corrected chi connectivity index (χ2v) is 7.64. The van der Waals surface area contributed by atoms with Crippen molar-refractivity contribution in [2.24, 2.45) is 0 Å². The Balaban J connectivity index is 1.93. The summed E-state index contributed by atoms with van der Waals surface area (Å²) in [4.78, 5) is 23.1. The molecule has 0 atom stereocenters. The van der Waals surface area contributed by atoms with Crippen molar-refractivity contribution in [1.82, 2.24) is 0 Å². The van der Waals surface area contributed by atoms with Gasteiger partial charge < -0.3 is 10.6 Å². The summed E-state index contributed by atoms with van der Waals surface area (Å²) in [6.07, 6.45) is -0.172. The fraction of sp³-hybridized carbons (Fsp3) is 0.222. The van der Waals surface area contributed by atoms with E-state index in [2.05, 4.69) is 15.4 Å². The Morgan fingerprint density at radius 1 is 0.962 bits per heavy atom. The molecule has 26 heavy (non-hydrogen) atoms. The summed E-state index contributed by atoms with van der Waals surface area (Å²) in [7, 11) is -3.70. The molecule has 0 fully saturated rings. The van der Waals surface area contributed by atoms with Crippen LogP contribution < -0.4 is 15.4 Å². The normalized spacial score (nSPS) is 10.8. The Labute approximate surface area is 152 Å². The molecule has 0 aromatic heterocycles. The third-order valence-electron chi connectivity index (χ3n) is 3.47. The van der Waals surface area contributed by atoms with Crippen LogP contribution in [-0.2, 0) is 19.6 Å². The fourth-order valence-corrected chi connectivity index (χ4v) is 3.29. The fourth-order valence-electron chi connectivity index (χ4n) is 2.25. The van der Waals surface area contributed by atoms with Crippen LogP contribution in [0.15, 0.2) is 48.5 Å². The number of hydrogen-bond donors (Lipinski definition) is 3. The van der Waals surface area contributed by atoms with E-state index in [1.54, 1.807) is 30.3 Å². The van der Waals surface area contributed by atoms with Crippen molar-refractivity contribution in [2.45, 2.75) is 20.3 Å². The van der Waals surface area contributed by atoms with Crippen LogP contribution >= 0.6 is 0 Å². The summed E-state index contributed by atoms with van der Waals surface area (Å²) in [5.41, 5.74) is 2.35. The second kappa shape index (κ2) is 8.48. The highest BCUT2D eigenvalue weighted by Gasteiger charge is 2.14. The van der Waals surface area contributed by atoms with Crippen LogP contribution in [0.1, 0.15) is 18.9 Å². The van der Waals surface area contributed by atoms with Gasteiger partial charge in [0.2, 0.25) is 21.8 Å². The molecule has 0 heterocycles. The standard InChI is InChI=1S/C18H21N3O4S/c1-13-6-3-4-9-17(13)20-18(23)10-11-26(24,25)21-16-8-5-7-15(12-16)19-14(2)22/h3-9,12,21H,10-11H2,1-2H3,(H,19,22)(H,20,23). The van der Waals surface area contributed by atoms with E-state index in [0.29, 0.717) is 17.1 Å². The number of sulfonamides is 1. The van der Waals surface area contributed by atoms with Gasteiger partial charge in [-0.15, -0.1) is 0 Å². The molecular weight excluding hydrogens is 354 g/mol. The average Bonchev–Trinajstić information content (AvgIpc) is 2.54. The molecule has 2 aromatic carbocycles.